The normalized spacial score (nSPS) is 21.1. The Morgan fingerprint density at radius 1 is 0.529 bits per heavy atom. The Hall–Kier alpha value is -1.30. The number of ether oxygens (including phenoxy) is 4. The lowest BCUT2D eigenvalue weighted by molar-refractivity contribution is -0.305. The van der Waals surface area contributed by atoms with Crippen LogP contribution in [0.25, 0.3) is 0 Å². The summed E-state index contributed by atoms with van der Waals surface area (Å²) in [6.07, 6.45) is 24.8. The van der Waals surface area contributed by atoms with Gasteiger partial charge in [-0.2, -0.15) is 0 Å². The molecule has 0 aromatic carbocycles. The van der Waals surface area contributed by atoms with Crippen LogP contribution in [0.2, 0.25) is 0 Å². The summed E-state index contributed by atoms with van der Waals surface area (Å²) >= 11 is 0. The molecule has 1 aliphatic rings. The van der Waals surface area contributed by atoms with Crippen molar-refractivity contribution in [2.24, 2.45) is 0 Å². The van der Waals surface area contributed by atoms with Crippen LogP contribution in [0.4, 0.5) is 0 Å². The molecule has 0 bridgehead atoms. The fraction of sp³-hybridized carbons (Fsp3) is 0.951. The average molecular weight is 731 g/mol. The molecule has 0 aromatic heterocycles. The third kappa shape index (κ3) is 25.4. The van der Waals surface area contributed by atoms with Gasteiger partial charge in [-0.1, -0.05) is 168 Å². The van der Waals surface area contributed by atoms with Crippen LogP contribution in [0.5, 0.6) is 0 Å². The first-order valence-corrected chi connectivity index (χ1v) is 21.1. The molecule has 10 nitrogen and oxygen atoms in total. The molecule has 6 atom stereocenters. The van der Waals surface area contributed by atoms with E-state index in [4.69, 9.17) is 18.9 Å². The van der Waals surface area contributed by atoms with Crippen LogP contribution in [0.15, 0.2) is 0 Å². The predicted molar refractivity (Wildman–Crippen MR) is 201 cm³/mol. The Morgan fingerprint density at radius 2 is 0.922 bits per heavy atom. The molecule has 0 spiro atoms. The van der Waals surface area contributed by atoms with E-state index in [0.29, 0.717) is 6.42 Å². The van der Waals surface area contributed by atoms with Gasteiger partial charge in [0.25, 0.3) is 0 Å². The minimum Gasteiger partial charge on any atom is -0.462 e. The summed E-state index contributed by atoms with van der Waals surface area (Å²) in [6, 6.07) is 0. The Bertz CT molecular complexity index is 809. The minimum atomic E-state index is -1.59. The highest BCUT2D eigenvalue weighted by atomic mass is 16.7. The number of rotatable bonds is 35. The van der Waals surface area contributed by atoms with Gasteiger partial charge in [-0.3, -0.25) is 9.59 Å². The Kier molecular flexibility index (Phi) is 31.1. The summed E-state index contributed by atoms with van der Waals surface area (Å²) in [7, 11) is 0. The standard InChI is InChI=1S/C41H78O10/c1-3-5-7-9-10-11-12-13-14-15-16-17-18-19-20-21-22-23-24-25-26-28-30-37(44)50-34(32-48-36(43)29-27-8-6-4-2)33-49-41-40(47)39(46)38(45)35(31-42)51-41/h34-35,38-42,45-47H,3-33H2,1-2H3. The van der Waals surface area contributed by atoms with E-state index in [9.17, 15) is 30.0 Å². The predicted octanol–water partition coefficient (Wildman–Crippen LogP) is 8.22. The topological polar surface area (TPSA) is 152 Å². The van der Waals surface area contributed by atoms with Gasteiger partial charge in [0, 0.05) is 12.8 Å². The largest absolute Gasteiger partial charge is 0.462 e. The summed E-state index contributed by atoms with van der Waals surface area (Å²) in [5.41, 5.74) is 0. The second-order valence-corrected chi connectivity index (χ2v) is 14.8. The molecule has 1 fully saturated rings. The van der Waals surface area contributed by atoms with Crippen molar-refractivity contribution in [2.45, 2.75) is 230 Å². The maximum atomic E-state index is 12.7. The van der Waals surface area contributed by atoms with E-state index in [-0.39, 0.29) is 32.0 Å². The second kappa shape index (κ2) is 33.3. The molecule has 1 aliphatic heterocycles. The van der Waals surface area contributed by atoms with Gasteiger partial charge in [0.2, 0.25) is 0 Å². The number of carbonyl (C=O) groups is 2. The first-order valence-electron chi connectivity index (χ1n) is 21.1. The number of aliphatic hydroxyl groups is 4. The fourth-order valence-electron chi connectivity index (χ4n) is 6.60. The molecule has 0 aromatic rings. The summed E-state index contributed by atoms with van der Waals surface area (Å²) < 4.78 is 21.9. The summed E-state index contributed by atoms with van der Waals surface area (Å²) in [5.74, 6) is -0.816. The minimum absolute atomic E-state index is 0.213. The maximum absolute atomic E-state index is 12.7. The van der Waals surface area contributed by atoms with Gasteiger partial charge in [-0.25, -0.2) is 0 Å². The molecular formula is C41H78O10. The number of unbranched alkanes of at least 4 members (excludes halogenated alkanes) is 24. The van der Waals surface area contributed by atoms with E-state index in [2.05, 4.69) is 13.8 Å². The molecule has 51 heavy (non-hydrogen) atoms. The molecule has 1 rings (SSSR count). The van der Waals surface area contributed by atoms with E-state index in [0.717, 1.165) is 44.9 Å². The van der Waals surface area contributed by atoms with Crippen molar-refractivity contribution in [3.63, 3.8) is 0 Å². The molecular weight excluding hydrogens is 652 g/mol. The molecule has 1 saturated heterocycles. The van der Waals surface area contributed by atoms with Crippen LogP contribution < -0.4 is 0 Å². The van der Waals surface area contributed by atoms with Crippen LogP contribution in [0, 0.1) is 0 Å². The smallest absolute Gasteiger partial charge is 0.306 e. The average Bonchev–Trinajstić information content (AvgIpc) is 3.13. The molecule has 10 heteroatoms. The van der Waals surface area contributed by atoms with Crippen LogP contribution in [0.1, 0.15) is 194 Å². The van der Waals surface area contributed by atoms with Gasteiger partial charge in [-0.05, 0) is 12.8 Å². The van der Waals surface area contributed by atoms with E-state index >= 15 is 0 Å². The van der Waals surface area contributed by atoms with E-state index in [1.807, 2.05) is 0 Å². The SMILES string of the molecule is CCCCCCCCCCCCCCCCCCCCCCCCC(=O)OC(COC(=O)CCCCCC)COC1OC(CO)C(O)C(O)C1O. The molecule has 0 aliphatic carbocycles. The van der Waals surface area contributed by atoms with Crippen molar-refractivity contribution in [2.75, 3.05) is 19.8 Å². The van der Waals surface area contributed by atoms with Gasteiger partial charge >= 0.3 is 11.9 Å². The number of hydrogen-bond donors (Lipinski definition) is 4. The number of hydrogen-bond acceptors (Lipinski definition) is 10. The molecule has 6 unspecified atom stereocenters. The lowest BCUT2D eigenvalue weighted by Crippen LogP contribution is -2.59. The number of carbonyl (C=O) groups excluding carboxylic acids is 2. The summed E-state index contributed by atoms with van der Waals surface area (Å²) in [6.45, 7) is 3.30. The zero-order valence-corrected chi connectivity index (χ0v) is 32.6. The quantitative estimate of drug-likeness (QED) is 0.0371. The lowest BCUT2D eigenvalue weighted by Gasteiger charge is -2.39. The Labute approximate surface area is 310 Å². The van der Waals surface area contributed by atoms with Crippen LogP contribution in [0.3, 0.4) is 0 Å². The zero-order chi connectivity index (χ0) is 37.4. The second-order valence-electron chi connectivity index (χ2n) is 14.8. The third-order valence-electron chi connectivity index (χ3n) is 9.99. The fourth-order valence-corrected chi connectivity index (χ4v) is 6.60. The lowest BCUT2D eigenvalue weighted by atomic mass is 9.99. The van der Waals surface area contributed by atoms with Crippen molar-refractivity contribution >= 4 is 11.9 Å². The van der Waals surface area contributed by atoms with Crippen molar-refractivity contribution in [3.8, 4) is 0 Å². The zero-order valence-electron chi connectivity index (χ0n) is 32.6. The first-order chi connectivity index (χ1) is 24.8. The van der Waals surface area contributed by atoms with E-state index in [1.165, 1.54) is 116 Å². The van der Waals surface area contributed by atoms with Gasteiger partial charge in [0.1, 0.15) is 31.0 Å². The molecule has 0 radical (unpaired) electrons. The summed E-state index contributed by atoms with van der Waals surface area (Å²) in [4.78, 5) is 24.9. The van der Waals surface area contributed by atoms with Gasteiger partial charge in [0.15, 0.2) is 12.4 Å². The number of esters is 2. The molecule has 0 amide bonds. The van der Waals surface area contributed by atoms with Crippen molar-refractivity contribution in [1.82, 2.24) is 0 Å². The Morgan fingerprint density at radius 3 is 1.35 bits per heavy atom. The highest BCUT2D eigenvalue weighted by Gasteiger charge is 2.44. The maximum Gasteiger partial charge on any atom is 0.306 e. The number of aliphatic hydroxyl groups excluding tert-OH is 4. The van der Waals surface area contributed by atoms with Crippen LogP contribution >= 0.6 is 0 Å². The van der Waals surface area contributed by atoms with Crippen molar-refractivity contribution in [1.29, 1.82) is 0 Å². The van der Waals surface area contributed by atoms with Gasteiger partial charge in [-0.15, -0.1) is 0 Å². The van der Waals surface area contributed by atoms with Crippen LogP contribution in [-0.4, -0.2) is 89.0 Å². The van der Waals surface area contributed by atoms with Crippen molar-refractivity contribution in [3.05, 3.63) is 0 Å². The van der Waals surface area contributed by atoms with Crippen molar-refractivity contribution < 1.29 is 49.0 Å². The van der Waals surface area contributed by atoms with Gasteiger partial charge < -0.3 is 39.4 Å². The first kappa shape index (κ1) is 47.7. The molecule has 0 saturated carbocycles. The summed E-state index contributed by atoms with van der Waals surface area (Å²) in [5, 5.41) is 39.8. The highest BCUT2D eigenvalue weighted by Crippen LogP contribution is 2.23. The molecule has 4 N–H and O–H groups in total. The molecule has 302 valence electrons. The third-order valence-corrected chi connectivity index (χ3v) is 9.99. The van der Waals surface area contributed by atoms with Crippen LogP contribution in [-0.2, 0) is 28.5 Å². The van der Waals surface area contributed by atoms with Gasteiger partial charge in [0.05, 0.1) is 13.2 Å². The molecule has 1 heterocycles. The highest BCUT2D eigenvalue weighted by molar-refractivity contribution is 5.70. The Balaban J connectivity index is 2.16. The monoisotopic (exact) mass is 731 g/mol. The van der Waals surface area contributed by atoms with E-state index in [1.54, 1.807) is 0 Å². The van der Waals surface area contributed by atoms with E-state index < -0.39 is 49.4 Å².